The van der Waals surface area contributed by atoms with Crippen LogP contribution in [-0.2, 0) is 18.9 Å². The number of hydrogen-bond acceptors (Lipinski definition) is 4. The van der Waals surface area contributed by atoms with Crippen molar-refractivity contribution in [1.82, 2.24) is 0 Å². The Kier molecular flexibility index (Phi) is 15.6. The van der Waals surface area contributed by atoms with Crippen molar-refractivity contribution in [3.8, 4) is 11.1 Å². The van der Waals surface area contributed by atoms with Gasteiger partial charge in [-0.05, 0) is 22.3 Å². The molecule has 2 aromatic rings. The predicted molar refractivity (Wildman–Crippen MR) is 155 cm³/mol. The summed E-state index contributed by atoms with van der Waals surface area (Å²) in [4.78, 5) is 0. The van der Waals surface area contributed by atoms with Crippen LogP contribution in [0.4, 0.5) is 132 Å². The summed E-state index contributed by atoms with van der Waals surface area (Å²) >= 11 is 0. The molecular formula is C32H20F30O4. The number of rotatable bonds is 21. The van der Waals surface area contributed by atoms with Gasteiger partial charge in [-0.2, -0.15) is 132 Å². The summed E-state index contributed by atoms with van der Waals surface area (Å²) in [6, 6.07) is 1.03. The van der Waals surface area contributed by atoms with Gasteiger partial charge in [0.05, 0.1) is 0 Å². The molecule has 0 aliphatic carbocycles. The zero-order chi connectivity index (χ0) is 52.4. The van der Waals surface area contributed by atoms with Crippen LogP contribution in [0.15, 0.2) is 48.5 Å². The Bertz CT molecular complexity index is 1830. The molecule has 382 valence electrons. The summed E-state index contributed by atoms with van der Waals surface area (Å²) in [5, 5.41) is 0. The molecule has 0 saturated carbocycles. The van der Waals surface area contributed by atoms with Crippen molar-refractivity contribution in [1.29, 1.82) is 0 Å². The number of halogens is 30. The Morgan fingerprint density at radius 3 is 0.758 bits per heavy atom. The van der Waals surface area contributed by atoms with Gasteiger partial charge >= 0.3 is 83.4 Å². The standard InChI is InChI=1S/C32H20F30O4/c1-63-11-65-17(19(33,34)21(37,38)23(41,42)25(45,46)27(49,50)29(53,54)31(57,58)59)15-9-5-3-7-13(15)14-8-4-6-10-16(14)18(66-12-64-2)20(35,36)22(39,40)24(43,44)26(47,48)28(51,52)30(55,56)32(60,61)62/h3-10,17-18H,11-12H2,1-2H3/t17-,18-/m1/s1. The van der Waals surface area contributed by atoms with Crippen molar-refractivity contribution in [2.24, 2.45) is 0 Å². The zero-order valence-corrected chi connectivity index (χ0v) is 31.2. The molecule has 4 nitrogen and oxygen atoms in total. The smallest absolute Gasteiger partial charge is 0.359 e. The minimum atomic E-state index is -8.89. The molecule has 0 spiro atoms. The van der Waals surface area contributed by atoms with Crippen molar-refractivity contribution in [3.05, 3.63) is 59.7 Å². The monoisotopic (exact) mass is 1040 g/mol. The maximum atomic E-state index is 15.8. The lowest BCUT2D eigenvalue weighted by Gasteiger charge is -2.43. The Labute approximate surface area is 345 Å². The second-order valence-electron chi connectivity index (χ2n) is 13.1. The molecule has 0 amide bonds. The molecular weight excluding hydrogens is 1020 g/mol. The van der Waals surface area contributed by atoms with E-state index in [0.717, 1.165) is 0 Å². The summed E-state index contributed by atoms with van der Waals surface area (Å²) in [7, 11) is 0.660. The second kappa shape index (κ2) is 17.6. The summed E-state index contributed by atoms with van der Waals surface area (Å²) in [5.41, 5.74) is -7.87. The van der Waals surface area contributed by atoms with Crippen molar-refractivity contribution < 1.29 is 151 Å². The second-order valence-corrected chi connectivity index (χ2v) is 13.1. The fraction of sp³-hybridized carbons (Fsp3) is 0.625. The molecule has 0 aromatic heterocycles. The SMILES string of the molecule is COCO[C@H](c1ccccc1-c1ccccc1[C@@H](OCOC)C(F)(F)C(F)(F)C(F)(F)C(F)(F)C(F)(F)C(F)(F)C(F)(F)F)C(F)(F)C(F)(F)C(F)(F)C(F)(F)C(F)(F)C(F)(F)C(F)(F)F. The lowest BCUT2D eigenvalue weighted by Crippen LogP contribution is -2.73. The first-order valence-corrected chi connectivity index (χ1v) is 16.2. The van der Waals surface area contributed by atoms with Gasteiger partial charge in [0, 0.05) is 14.2 Å². The molecule has 0 unspecified atom stereocenters. The number of methoxy groups -OCH3 is 2. The van der Waals surface area contributed by atoms with E-state index in [1.54, 1.807) is 0 Å². The third kappa shape index (κ3) is 8.42. The number of benzene rings is 2. The van der Waals surface area contributed by atoms with Crippen LogP contribution in [0.2, 0.25) is 0 Å². The molecule has 0 heterocycles. The van der Waals surface area contributed by atoms with Crippen LogP contribution in [0, 0.1) is 0 Å². The highest BCUT2D eigenvalue weighted by Gasteiger charge is 2.95. The van der Waals surface area contributed by atoms with Crippen LogP contribution in [0.1, 0.15) is 23.3 Å². The van der Waals surface area contributed by atoms with Gasteiger partial charge in [0.2, 0.25) is 0 Å². The van der Waals surface area contributed by atoms with Crippen LogP contribution in [-0.4, -0.2) is 111 Å². The first kappa shape index (κ1) is 58.3. The molecule has 2 rings (SSSR count). The van der Waals surface area contributed by atoms with E-state index in [4.69, 9.17) is 0 Å². The lowest BCUT2D eigenvalue weighted by atomic mass is 9.83. The van der Waals surface area contributed by atoms with Crippen LogP contribution in [0.3, 0.4) is 0 Å². The normalized spacial score (nSPS) is 16.4. The fourth-order valence-electron chi connectivity index (χ4n) is 5.28. The fourth-order valence-corrected chi connectivity index (χ4v) is 5.28. The van der Waals surface area contributed by atoms with E-state index in [1.807, 2.05) is 0 Å². The Balaban J connectivity index is 3.07. The first-order valence-electron chi connectivity index (χ1n) is 16.2. The maximum Gasteiger partial charge on any atom is 0.460 e. The van der Waals surface area contributed by atoms with Crippen molar-refractivity contribution in [3.63, 3.8) is 0 Å². The molecule has 2 aromatic carbocycles. The van der Waals surface area contributed by atoms with Crippen LogP contribution < -0.4 is 0 Å². The molecule has 0 fully saturated rings. The summed E-state index contributed by atoms with van der Waals surface area (Å²) in [5.74, 6) is -102. The minimum Gasteiger partial charge on any atom is -0.359 e. The third-order valence-corrected chi connectivity index (χ3v) is 8.84. The molecule has 66 heavy (non-hydrogen) atoms. The maximum absolute atomic E-state index is 15.8. The largest absolute Gasteiger partial charge is 0.460 e. The van der Waals surface area contributed by atoms with E-state index in [2.05, 4.69) is 18.9 Å². The summed E-state index contributed by atoms with van der Waals surface area (Å²) < 4.78 is 441. The number of ether oxygens (including phenoxy) is 4. The van der Waals surface area contributed by atoms with Crippen LogP contribution >= 0.6 is 0 Å². The van der Waals surface area contributed by atoms with Crippen molar-refractivity contribution in [2.45, 2.75) is 95.6 Å². The highest BCUT2D eigenvalue weighted by Crippen LogP contribution is 2.66. The van der Waals surface area contributed by atoms with E-state index < -0.39 is 131 Å². The van der Waals surface area contributed by atoms with Gasteiger partial charge in [-0.25, -0.2) is 0 Å². The van der Waals surface area contributed by atoms with Gasteiger partial charge in [0.1, 0.15) is 13.6 Å². The van der Waals surface area contributed by atoms with Crippen LogP contribution in [0.5, 0.6) is 0 Å². The number of hydrogen-bond donors (Lipinski definition) is 0. The van der Waals surface area contributed by atoms with Gasteiger partial charge in [-0.15, -0.1) is 0 Å². The zero-order valence-electron chi connectivity index (χ0n) is 31.2. The summed E-state index contributed by atoms with van der Waals surface area (Å²) in [6.07, 6.45) is -25.4. The Hall–Kier alpha value is -3.82. The average Bonchev–Trinajstić information content (AvgIpc) is 3.16. The third-order valence-electron chi connectivity index (χ3n) is 8.84. The molecule has 0 radical (unpaired) electrons. The number of alkyl halides is 30. The summed E-state index contributed by atoms with van der Waals surface area (Å²) in [6.45, 7) is -4.08. The lowest BCUT2D eigenvalue weighted by molar-refractivity contribution is -0.457. The molecule has 0 bridgehead atoms. The molecule has 0 aliphatic heterocycles. The van der Waals surface area contributed by atoms with Crippen molar-refractivity contribution in [2.75, 3.05) is 27.8 Å². The molecule has 0 aliphatic rings. The van der Waals surface area contributed by atoms with E-state index in [1.165, 1.54) is 0 Å². The van der Waals surface area contributed by atoms with E-state index >= 15 is 35.1 Å². The van der Waals surface area contributed by atoms with Gasteiger partial charge in [-0.1, -0.05) is 48.5 Å². The predicted octanol–water partition coefficient (Wildman–Crippen LogP) is 13.4. The van der Waals surface area contributed by atoms with Crippen LogP contribution in [0.25, 0.3) is 11.1 Å². The average molecular weight is 1040 g/mol. The molecule has 34 heteroatoms. The van der Waals surface area contributed by atoms with Gasteiger partial charge in [0.15, 0.2) is 12.2 Å². The first-order chi connectivity index (χ1) is 29.1. The molecule has 0 saturated heterocycles. The van der Waals surface area contributed by atoms with E-state index in [-0.39, 0.29) is 36.4 Å². The van der Waals surface area contributed by atoms with E-state index in [9.17, 15) is 96.6 Å². The van der Waals surface area contributed by atoms with Gasteiger partial charge in [0.25, 0.3) is 0 Å². The Morgan fingerprint density at radius 2 is 0.530 bits per heavy atom. The van der Waals surface area contributed by atoms with E-state index in [0.29, 0.717) is 26.4 Å². The highest BCUT2D eigenvalue weighted by atomic mass is 19.4. The topological polar surface area (TPSA) is 36.9 Å². The van der Waals surface area contributed by atoms with Gasteiger partial charge in [-0.3, -0.25) is 0 Å². The highest BCUT2D eigenvalue weighted by molar-refractivity contribution is 5.72. The molecule has 2 atom stereocenters. The quantitative estimate of drug-likeness (QED) is 0.0922. The van der Waals surface area contributed by atoms with Gasteiger partial charge < -0.3 is 18.9 Å². The minimum absolute atomic E-state index is 0.0442. The Morgan fingerprint density at radius 1 is 0.318 bits per heavy atom. The van der Waals surface area contributed by atoms with Crippen molar-refractivity contribution >= 4 is 0 Å². The molecule has 0 N–H and O–H groups in total.